The van der Waals surface area contributed by atoms with Crippen LogP contribution in [-0.2, 0) is 16.1 Å². The highest BCUT2D eigenvalue weighted by Crippen LogP contribution is 2.14. The highest BCUT2D eigenvalue weighted by atomic mass is 16.5. The molecule has 1 amide bonds. The second-order valence-corrected chi connectivity index (χ2v) is 5.73. The number of carbonyl (C=O) groups excluding carboxylic acids is 1. The Morgan fingerprint density at radius 3 is 3.00 bits per heavy atom. The molecule has 1 aliphatic heterocycles. The molecule has 0 unspecified atom stereocenters. The number of aromatic nitrogens is 3. The second-order valence-electron chi connectivity index (χ2n) is 5.73. The zero-order valence-electron chi connectivity index (χ0n) is 13.1. The molecule has 7 nitrogen and oxygen atoms in total. The number of likely N-dealkylation sites (N-methyl/N-ethyl adjacent to an activating group) is 1. The van der Waals surface area contributed by atoms with Crippen LogP contribution in [0.5, 0.6) is 0 Å². The van der Waals surface area contributed by atoms with Gasteiger partial charge in [-0.2, -0.15) is 0 Å². The summed E-state index contributed by atoms with van der Waals surface area (Å²) in [5.74, 6) is 0.254. The molecule has 1 aliphatic rings. The molecule has 0 aliphatic carbocycles. The number of nitrogens with zero attached hydrogens (tertiary/aromatic N) is 4. The quantitative estimate of drug-likeness (QED) is 0.810. The van der Waals surface area contributed by atoms with Crippen LogP contribution in [-0.4, -0.2) is 52.1 Å². The first-order valence-corrected chi connectivity index (χ1v) is 7.87. The molecule has 2 aromatic rings. The topological polar surface area (TPSA) is 77.3 Å². The SMILES string of the molecule is CCN(C[C@H]1CCOC1)C(=O)Cn1nnc2ccccc2c1=O. The van der Waals surface area contributed by atoms with E-state index in [0.29, 0.717) is 36.5 Å². The minimum absolute atomic E-state index is 0.0852. The molecule has 0 radical (unpaired) electrons. The molecule has 0 saturated carbocycles. The van der Waals surface area contributed by atoms with E-state index in [-0.39, 0.29) is 18.0 Å². The van der Waals surface area contributed by atoms with Gasteiger partial charge in [0.2, 0.25) is 5.91 Å². The first-order chi connectivity index (χ1) is 11.2. The molecule has 1 aromatic heterocycles. The Hall–Kier alpha value is -2.28. The summed E-state index contributed by atoms with van der Waals surface area (Å²) in [4.78, 5) is 26.6. The largest absolute Gasteiger partial charge is 0.381 e. The maximum Gasteiger partial charge on any atom is 0.278 e. The smallest absolute Gasteiger partial charge is 0.278 e. The van der Waals surface area contributed by atoms with Crippen LogP contribution in [0.15, 0.2) is 29.1 Å². The molecular formula is C16H20N4O3. The molecule has 1 saturated heterocycles. The molecule has 1 aromatic carbocycles. The van der Waals surface area contributed by atoms with Crippen LogP contribution < -0.4 is 5.56 Å². The van der Waals surface area contributed by atoms with E-state index in [1.54, 1.807) is 29.2 Å². The fraction of sp³-hybridized carbons (Fsp3) is 0.500. The summed E-state index contributed by atoms with van der Waals surface area (Å²) in [5.41, 5.74) is 0.251. The van der Waals surface area contributed by atoms with Gasteiger partial charge in [-0.1, -0.05) is 17.3 Å². The first-order valence-electron chi connectivity index (χ1n) is 7.87. The van der Waals surface area contributed by atoms with Gasteiger partial charge in [-0.15, -0.1) is 5.10 Å². The monoisotopic (exact) mass is 316 g/mol. The van der Waals surface area contributed by atoms with Crippen molar-refractivity contribution >= 4 is 16.8 Å². The molecule has 0 bridgehead atoms. The number of hydrogen-bond acceptors (Lipinski definition) is 5. The summed E-state index contributed by atoms with van der Waals surface area (Å²) in [6.07, 6.45) is 0.972. The van der Waals surface area contributed by atoms with Crippen molar-refractivity contribution in [1.29, 1.82) is 0 Å². The van der Waals surface area contributed by atoms with Gasteiger partial charge in [-0.05, 0) is 25.5 Å². The van der Waals surface area contributed by atoms with Gasteiger partial charge in [-0.25, -0.2) is 4.68 Å². The zero-order valence-corrected chi connectivity index (χ0v) is 13.1. The normalized spacial score (nSPS) is 17.5. The van der Waals surface area contributed by atoms with Gasteiger partial charge in [0, 0.05) is 25.6 Å². The number of ether oxygens (including phenoxy) is 1. The van der Waals surface area contributed by atoms with Crippen molar-refractivity contribution in [2.45, 2.75) is 19.9 Å². The minimum Gasteiger partial charge on any atom is -0.381 e. The number of fused-ring (bicyclic) bond motifs is 1. The van der Waals surface area contributed by atoms with E-state index in [1.807, 2.05) is 6.92 Å². The number of carbonyl (C=O) groups is 1. The Balaban J connectivity index is 1.76. The first kappa shape index (κ1) is 15.6. The predicted octanol–water partition coefficient (Wildman–Crippen LogP) is 0.676. The number of benzene rings is 1. The van der Waals surface area contributed by atoms with Crippen molar-refractivity contribution in [2.75, 3.05) is 26.3 Å². The van der Waals surface area contributed by atoms with E-state index in [0.717, 1.165) is 17.7 Å². The number of hydrogen-bond donors (Lipinski definition) is 0. The Morgan fingerprint density at radius 1 is 1.43 bits per heavy atom. The van der Waals surface area contributed by atoms with Crippen LogP contribution in [0.4, 0.5) is 0 Å². The van der Waals surface area contributed by atoms with E-state index in [4.69, 9.17) is 4.74 Å². The van der Waals surface area contributed by atoms with Gasteiger partial charge >= 0.3 is 0 Å². The van der Waals surface area contributed by atoms with Crippen molar-refractivity contribution in [1.82, 2.24) is 19.9 Å². The molecule has 1 atom stereocenters. The number of amides is 1. The van der Waals surface area contributed by atoms with Gasteiger partial charge in [0.25, 0.3) is 5.56 Å². The average molecular weight is 316 g/mol. The van der Waals surface area contributed by atoms with E-state index < -0.39 is 0 Å². The van der Waals surface area contributed by atoms with Crippen molar-refractivity contribution in [3.8, 4) is 0 Å². The Morgan fingerprint density at radius 2 is 2.26 bits per heavy atom. The van der Waals surface area contributed by atoms with Gasteiger partial charge in [0.05, 0.1) is 12.0 Å². The van der Waals surface area contributed by atoms with Gasteiger partial charge in [0.15, 0.2) is 0 Å². The maximum atomic E-state index is 12.5. The standard InChI is InChI=1S/C16H20N4O3/c1-2-19(9-12-7-8-23-11-12)15(21)10-20-16(22)13-5-3-4-6-14(13)17-18-20/h3-6,12H,2,7-11H2,1H3/t12-/m1/s1. The van der Waals surface area contributed by atoms with Crippen LogP contribution in [0, 0.1) is 5.92 Å². The van der Waals surface area contributed by atoms with Gasteiger partial charge < -0.3 is 9.64 Å². The lowest BCUT2D eigenvalue weighted by Crippen LogP contribution is -2.40. The Labute approximate surface area is 133 Å². The highest BCUT2D eigenvalue weighted by Gasteiger charge is 2.22. The Bertz CT molecular complexity index is 752. The summed E-state index contributed by atoms with van der Waals surface area (Å²) in [5, 5.41) is 8.36. The van der Waals surface area contributed by atoms with Crippen molar-refractivity contribution < 1.29 is 9.53 Å². The molecule has 0 spiro atoms. The molecule has 1 fully saturated rings. The minimum atomic E-state index is -0.288. The van der Waals surface area contributed by atoms with E-state index in [1.165, 1.54) is 0 Å². The van der Waals surface area contributed by atoms with E-state index in [2.05, 4.69) is 10.3 Å². The highest BCUT2D eigenvalue weighted by molar-refractivity contribution is 5.78. The van der Waals surface area contributed by atoms with Crippen LogP contribution in [0.2, 0.25) is 0 Å². The van der Waals surface area contributed by atoms with Crippen molar-refractivity contribution in [3.05, 3.63) is 34.6 Å². The molecule has 2 heterocycles. The third-order valence-corrected chi connectivity index (χ3v) is 4.15. The number of rotatable bonds is 5. The summed E-state index contributed by atoms with van der Waals surface area (Å²) in [6, 6.07) is 7.00. The molecule has 3 rings (SSSR count). The lowest BCUT2D eigenvalue weighted by atomic mass is 10.1. The van der Waals surface area contributed by atoms with E-state index >= 15 is 0 Å². The van der Waals surface area contributed by atoms with Crippen molar-refractivity contribution in [3.63, 3.8) is 0 Å². The fourth-order valence-electron chi connectivity index (χ4n) is 2.80. The molecule has 23 heavy (non-hydrogen) atoms. The molecule has 0 N–H and O–H groups in total. The third-order valence-electron chi connectivity index (χ3n) is 4.15. The van der Waals surface area contributed by atoms with Crippen LogP contribution >= 0.6 is 0 Å². The molecule has 7 heteroatoms. The zero-order chi connectivity index (χ0) is 16.2. The van der Waals surface area contributed by atoms with Crippen LogP contribution in [0.25, 0.3) is 10.9 Å². The van der Waals surface area contributed by atoms with Gasteiger partial charge in [0.1, 0.15) is 12.1 Å². The maximum absolute atomic E-state index is 12.5. The summed E-state index contributed by atoms with van der Waals surface area (Å²) >= 11 is 0. The fourth-order valence-corrected chi connectivity index (χ4v) is 2.80. The predicted molar refractivity (Wildman–Crippen MR) is 85.0 cm³/mol. The third kappa shape index (κ3) is 3.39. The van der Waals surface area contributed by atoms with E-state index in [9.17, 15) is 9.59 Å². The summed E-state index contributed by atoms with van der Waals surface area (Å²) in [6.45, 7) is 4.56. The van der Waals surface area contributed by atoms with Crippen LogP contribution in [0.1, 0.15) is 13.3 Å². The summed E-state index contributed by atoms with van der Waals surface area (Å²) < 4.78 is 6.49. The summed E-state index contributed by atoms with van der Waals surface area (Å²) in [7, 11) is 0. The second kappa shape index (κ2) is 6.87. The van der Waals surface area contributed by atoms with Gasteiger partial charge in [-0.3, -0.25) is 9.59 Å². The lowest BCUT2D eigenvalue weighted by molar-refractivity contribution is -0.132. The molecule has 122 valence electrons. The van der Waals surface area contributed by atoms with Crippen LogP contribution in [0.3, 0.4) is 0 Å². The average Bonchev–Trinajstić information content (AvgIpc) is 3.08. The van der Waals surface area contributed by atoms with Crippen molar-refractivity contribution in [2.24, 2.45) is 5.92 Å². The lowest BCUT2D eigenvalue weighted by Gasteiger charge is -2.23. The molecular weight excluding hydrogens is 296 g/mol. The Kier molecular flexibility index (Phi) is 4.66.